The van der Waals surface area contributed by atoms with Crippen molar-refractivity contribution in [2.24, 2.45) is 0 Å². The number of amides is 2. The summed E-state index contributed by atoms with van der Waals surface area (Å²) < 4.78 is 0. The Hall–Kier alpha value is -1.63. The summed E-state index contributed by atoms with van der Waals surface area (Å²) in [4.78, 5) is 36.1. The van der Waals surface area contributed by atoms with Crippen molar-refractivity contribution >= 4 is 17.8 Å². The molecular formula is C14H27N3O4. The Balaban J connectivity index is 4.41. The first-order valence-corrected chi connectivity index (χ1v) is 7.32. The van der Waals surface area contributed by atoms with Gasteiger partial charge in [-0.1, -0.05) is 20.8 Å². The van der Waals surface area contributed by atoms with Gasteiger partial charge in [0.25, 0.3) is 0 Å². The summed E-state index contributed by atoms with van der Waals surface area (Å²) in [6.07, 6.45) is 1.60. The van der Waals surface area contributed by atoms with Crippen molar-refractivity contribution in [2.75, 3.05) is 26.7 Å². The highest BCUT2D eigenvalue weighted by atomic mass is 16.4. The van der Waals surface area contributed by atoms with Gasteiger partial charge in [-0.3, -0.25) is 19.7 Å². The highest BCUT2D eigenvalue weighted by molar-refractivity contribution is 5.86. The third-order valence-electron chi connectivity index (χ3n) is 3.57. The number of carbonyl (C=O) groups is 3. The summed E-state index contributed by atoms with van der Waals surface area (Å²) in [6.45, 7) is 5.91. The van der Waals surface area contributed by atoms with Crippen LogP contribution in [0.3, 0.4) is 0 Å². The number of likely N-dealkylation sites (N-methyl/N-ethyl adjacent to an activating group) is 1. The molecule has 0 radical (unpaired) electrons. The minimum absolute atomic E-state index is 0.0289. The van der Waals surface area contributed by atoms with E-state index in [1.807, 2.05) is 6.92 Å². The number of hydrogen-bond donors (Lipinski definition) is 3. The van der Waals surface area contributed by atoms with E-state index in [2.05, 4.69) is 10.6 Å². The predicted octanol–water partition coefficient (Wildman–Crippen LogP) is 0.204. The molecule has 2 amide bonds. The fourth-order valence-corrected chi connectivity index (χ4v) is 1.88. The minimum atomic E-state index is -1.10. The van der Waals surface area contributed by atoms with E-state index >= 15 is 0 Å². The zero-order chi connectivity index (χ0) is 16.5. The monoisotopic (exact) mass is 301 g/mol. The number of carbonyl (C=O) groups excluding carboxylic acids is 2. The molecule has 0 aliphatic heterocycles. The molecule has 0 rings (SSSR count). The van der Waals surface area contributed by atoms with Gasteiger partial charge in [-0.05, 0) is 19.3 Å². The first-order valence-electron chi connectivity index (χ1n) is 7.32. The lowest BCUT2D eigenvalue weighted by molar-refractivity contribution is -0.146. The second-order valence-corrected chi connectivity index (χ2v) is 5.05. The average Bonchev–Trinajstić information content (AvgIpc) is 2.45. The molecule has 0 atom stereocenters. The third kappa shape index (κ3) is 6.12. The van der Waals surface area contributed by atoms with Crippen molar-refractivity contribution in [2.45, 2.75) is 45.6 Å². The van der Waals surface area contributed by atoms with Crippen LogP contribution in [0.5, 0.6) is 0 Å². The zero-order valence-electron chi connectivity index (χ0n) is 13.4. The van der Waals surface area contributed by atoms with Crippen molar-refractivity contribution in [1.29, 1.82) is 0 Å². The Kier molecular flexibility index (Phi) is 8.61. The van der Waals surface area contributed by atoms with Gasteiger partial charge in [-0.25, -0.2) is 0 Å². The molecule has 0 saturated heterocycles. The number of carboxylic acid groups (broad SMARTS) is 1. The van der Waals surface area contributed by atoms with E-state index < -0.39 is 11.5 Å². The topological polar surface area (TPSA) is 98.7 Å². The van der Waals surface area contributed by atoms with E-state index in [0.29, 0.717) is 19.4 Å². The molecule has 0 unspecified atom stereocenters. The second kappa shape index (κ2) is 9.33. The Labute approximate surface area is 126 Å². The standard InChI is InChI=1S/C14H27N3O4/c1-5-8-15-11(18)10-17(4)12(19)9-16-14(6-2,7-3)13(20)21/h16H,5-10H2,1-4H3,(H,15,18)(H,20,21). The zero-order valence-corrected chi connectivity index (χ0v) is 13.4. The quantitative estimate of drug-likeness (QED) is 0.535. The highest BCUT2D eigenvalue weighted by Gasteiger charge is 2.34. The van der Waals surface area contributed by atoms with E-state index in [1.54, 1.807) is 13.8 Å². The summed E-state index contributed by atoms with van der Waals surface area (Å²) in [7, 11) is 1.52. The van der Waals surface area contributed by atoms with E-state index in [-0.39, 0.29) is 24.9 Å². The SMILES string of the molecule is CCCNC(=O)CN(C)C(=O)CNC(CC)(CC)C(=O)O. The first-order chi connectivity index (χ1) is 9.82. The largest absolute Gasteiger partial charge is 0.480 e. The van der Waals surface area contributed by atoms with Gasteiger partial charge in [0, 0.05) is 13.6 Å². The Morgan fingerprint density at radius 1 is 1.14 bits per heavy atom. The van der Waals surface area contributed by atoms with Crippen LogP contribution in [0.2, 0.25) is 0 Å². The summed E-state index contributed by atoms with van der Waals surface area (Å²) in [5.41, 5.74) is -1.10. The van der Waals surface area contributed by atoms with Crippen LogP contribution in [0.4, 0.5) is 0 Å². The van der Waals surface area contributed by atoms with Crippen LogP contribution in [-0.2, 0) is 14.4 Å². The molecule has 21 heavy (non-hydrogen) atoms. The number of nitrogens with one attached hydrogen (secondary N) is 2. The van der Waals surface area contributed by atoms with Crippen molar-refractivity contribution < 1.29 is 19.5 Å². The van der Waals surface area contributed by atoms with Gasteiger partial charge in [-0.2, -0.15) is 0 Å². The molecule has 0 aliphatic carbocycles. The smallest absolute Gasteiger partial charge is 0.323 e. The van der Waals surface area contributed by atoms with E-state index in [0.717, 1.165) is 6.42 Å². The Morgan fingerprint density at radius 3 is 2.14 bits per heavy atom. The minimum Gasteiger partial charge on any atom is -0.480 e. The van der Waals surface area contributed by atoms with E-state index in [9.17, 15) is 19.5 Å². The molecule has 0 aromatic rings. The molecule has 0 bridgehead atoms. The maximum atomic E-state index is 11.9. The second-order valence-electron chi connectivity index (χ2n) is 5.05. The summed E-state index contributed by atoms with van der Waals surface area (Å²) in [6, 6.07) is 0. The van der Waals surface area contributed by atoms with Gasteiger partial charge in [0.2, 0.25) is 11.8 Å². The molecule has 0 aliphatic rings. The molecule has 7 nitrogen and oxygen atoms in total. The first kappa shape index (κ1) is 19.4. The van der Waals surface area contributed by atoms with Crippen LogP contribution in [0.15, 0.2) is 0 Å². The molecule has 0 aromatic carbocycles. The average molecular weight is 301 g/mol. The van der Waals surface area contributed by atoms with Gasteiger partial charge < -0.3 is 15.3 Å². The summed E-state index contributed by atoms with van der Waals surface area (Å²) in [5.74, 6) is -1.50. The molecular weight excluding hydrogens is 274 g/mol. The number of rotatable bonds is 10. The number of aliphatic carboxylic acids is 1. The molecule has 0 fully saturated rings. The Bertz CT molecular complexity index is 367. The van der Waals surface area contributed by atoms with Crippen LogP contribution in [0.25, 0.3) is 0 Å². The lowest BCUT2D eigenvalue weighted by Gasteiger charge is -2.28. The van der Waals surface area contributed by atoms with Crippen molar-refractivity contribution in [3.63, 3.8) is 0 Å². The number of nitrogens with zero attached hydrogens (tertiary/aromatic N) is 1. The molecule has 122 valence electrons. The van der Waals surface area contributed by atoms with Gasteiger partial charge in [0.15, 0.2) is 0 Å². The number of hydrogen-bond acceptors (Lipinski definition) is 4. The van der Waals surface area contributed by atoms with Crippen LogP contribution >= 0.6 is 0 Å². The van der Waals surface area contributed by atoms with Crippen LogP contribution in [-0.4, -0.2) is 60.0 Å². The van der Waals surface area contributed by atoms with Gasteiger partial charge in [-0.15, -0.1) is 0 Å². The third-order valence-corrected chi connectivity index (χ3v) is 3.57. The molecule has 0 aromatic heterocycles. The molecule has 0 spiro atoms. The molecule has 0 saturated carbocycles. The van der Waals surface area contributed by atoms with Crippen molar-refractivity contribution in [3.8, 4) is 0 Å². The van der Waals surface area contributed by atoms with Crippen molar-refractivity contribution in [3.05, 3.63) is 0 Å². The predicted molar refractivity (Wildman–Crippen MR) is 79.9 cm³/mol. The van der Waals surface area contributed by atoms with Gasteiger partial charge >= 0.3 is 5.97 Å². The lowest BCUT2D eigenvalue weighted by atomic mass is 9.93. The Morgan fingerprint density at radius 2 is 1.71 bits per heavy atom. The number of carboxylic acids is 1. The molecule has 7 heteroatoms. The fourth-order valence-electron chi connectivity index (χ4n) is 1.88. The molecule has 3 N–H and O–H groups in total. The summed E-state index contributed by atoms with van der Waals surface area (Å²) in [5, 5.41) is 14.8. The van der Waals surface area contributed by atoms with Crippen molar-refractivity contribution in [1.82, 2.24) is 15.5 Å². The van der Waals surface area contributed by atoms with Gasteiger partial charge in [0.05, 0.1) is 13.1 Å². The maximum absolute atomic E-state index is 11.9. The van der Waals surface area contributed by atoms with Gasteiger partial charge in [0.1, 0.15) is 5.54 Å². The van der Waals surface area contributed by atoms with E-state index in [4.69, 9.17) is 0 Å². The van der Waals surface area contributed by atoms with Crippen LogP contribution in [0.1, 0.15) is 40.0 Å². The maximum Gasteiger partial charge on any atom is 0.323 e. The molecule has 0 heterocycles. The van der Waals surface area contributed by atoms with Crippen LogP contribution in [0, 0.1) is 0 Å². The highest BCUT2D eigenvalue weighted by Crippen LogP contribution is 2.14. The van der Waals surface area contributed by atoms with Crippen LogP contribution < -0.4 is 10.6 Å². The van der Waals surface area contributed by atoms with E-state index in [1.165, 1.54) is 11.9 Å². The lowest BCUT2D eigenvalue weighted by Crippen LogP contribution is -2.54. The normalized spacial score (nSPS) is 11.0. The summed E-state index contributed by atoms with van der Waals surface area (Å²) >= 11 is 0. The fraction of sp³-hybridized carbons (Fsp3) is 0.786.